The summed E-state index contributed by atoms with van der Waals surface area (Å²) in [5, 5.41) is 0. The number of sulfonamides is 1. The number of piperazine rings is 1. The maximum Gasteiger partial charge on any atom is 0.211 e. The Morgan fingerprint density at radius 1 is 1.06 bits per heavy atom. The fourth-order valence-corrected chi connectivity index (χ4v) is 6.86. The lowest BCUT2D eigenvalue weighted by molar-refractivity contribution is 0.112. The van der Waals surface area contributed by atoms with E-state index in [1.165, 1.54) is 26.8 Å². The van der Waals surface area contributed by atoms with Gasteiger partial charge in [0.15, 0.2) is 17.9 Å². The van der Waals surface area contributed by atoms with E-state index in [1.807, 2.05) is 6.07 Å². The quantitative estimate of drug-likeness (QED) is 0.469. The molecule has 0 saturated carbocycles. The third-order valence-corrected chi connectivity index (χ3v) is 9.27. The number of nitrogens with zero attached hydrogens (tertiary/aromatic N) is 5. The Bertz CT molecular complexity index is 1260. The zero-order valence-electron chi connectivity index (χ0n) is 18.3. The third-order valence-electron chi connectivity index (χ3n) is 5.86. The molecule has 0 aliphatic carbocycles. The second-order valence-corrected chi connectivity index (χ2v) is 12.4. The van der Waals surface area contributed by atoms with E-state index in [4.69, 9.17) is 14.7 Å². The van der Waals surface area contributed by atoms with E-state index < -0.39 is 10.0 Å². The summed E-state index contributed by atoms with van der Waals surface area (Å²) in [5.41, 5.74) is 0.900. The number of morpholine rings is 1. The number of anilines is 1. The number of carbonyl (C=O) groups is 1. The lowest BCUT2D eigenvalue weighted by Crippen LogP contribution is -2.47. The molecule has 3 aromatic rings. The molecule has 0 unspecified atom stereocenters. The molecule has 12 heteroatoms. The number of aldehydes is 1. The number of carbonyl (C=O) groups excluding carboxylic acids is 1. The van der Waals surface area contributed by atoms with E-state index in [2.05, 4.69) is 15.9 Å². The zero-order valence-corrected chi connectivity index (χ0v) is 20.7. The largest absolute Gasteiger partial charge is 0.378 e. The molecule has 0 amide bonds. The molecule has 0 N–H and O–H groups in total. The minimum absolute atomic E-state index is 0.518. The van der Waals surface area contributed by atoms with Crippen molar-refractivity contribution < 1.29 is 17.9 Å². The van der Waals surface area contributed by atoms with Crippen molar-refractivity contribution in [2.45, 2.75) is 6.54 Å². The van der Waals surface area contributed by atoms with Crippen molar-refractivity contribution in [1.29, 1.82) is 0 Å². The fourth-order valence-electron chi connectivity index (χ4n) is 4.12. The van der Waals surface area contributed by atoms with Crippen LogP contribution < -0.4 is 4.90 Å². The van der Waals surface area contributed by atoms with Gasteiger partial charge in [0, 0.05) is 50.7 Å². The normalized spacial score (nSPS) is 18.8. The molecule has 2 saturated heterocycles. The maximum atomic E-state index is 11.8. The van der Waals surface area contributed by atoms with Crippen molar-refractivity contribution in [3.05, 3.63) is 28.0 Å². The van der Waals surface area contributed by atoms with Crippen LogP contribution >= 0.6 is 22.7 Å². The van der Waals surface area contributed by atoms with Gasteiger partial charge in [0.1, 0.15) is 0 Å². The van der Waals surface area contributed by atoms with Crippen molar-refractivity contribution in [3.63, 3.8) is 0 Å². The van der Waals surface area contributed by atoms with Gasteiger partial charge >= 0.3 is 0 Å². The van der Waals surface area contributed by atoms with Crippen LogP contribution in [-0.4, -0.2) is 92.6 Å². The van der Waals surface area contributed by atoms with Crippen LogP contribution in [0.25, 0.3) is 20.9 Å². The van der Waals surface area contributed by atoms with Crippen molar-refractivity contribution in [2.24, 2.45) is 0 Å². The Balaban J connectivity index is 1.45. The first-order valence-corrected chi connectivity index (χ1v) is 14.2. The molecule has 2 aliphatic heterocycles. The van der Waals surface area contributed by atoms with Crippen molar-refractivity contribution >= 4 is 55.0 Å². The summed E-state index contributed by atoms with van der Waals surface area (Å²) in [4.78, 5) is 28.1. The fraction of sp³-hybridized carbons (Fsp3) is 0.476. The number of fused-ring (bicyclic) bond motifs is 1. The van der Waals surface area contributed by atoms with Crippen molar-refractivity contribution in [3.8, 4) is 10.7 Å². The van der Waals surface area contributed by atoms with Gasteiger partial charge in [-0.2, -0.15) is 4.31 Å². The molecular weight excluding hydrogens is 482 g/mol. The molecule has 2 aliphatic rings. The lowest BCUT2D eigenvalue weighted by atomic mass is 10.3. The molecule has 5 heterocycles. The van der Waals surface area contributed by atoms with Crippen LogP contribution in [0.5, 0.6) is 0 Å². The Labute approximate surface area is 200 Å². The van der Waals surface area contributed by atoms with E-state index in [0.717, 1.165) is 46.8 Å². The van der Waals surface area contributed by atoms with Crippen molar-refractivity contribution in [1.82, 2.24) is 19.2 Å². The summed E-state index contributed by atoms with van der Waals surface area (Å²) in [6.45, 7) is 6.08. The summed E-state index contributed by atoms with van der Waals surface area (Å²) in [6, 6.07) is 5.81. The zero-order chi connectivity index (χ0) is 23.0. The van der Waals surface area contributed by atoms with Gasteiger partial charge in [0.2, 0.25) is 10.0 Å². The molecule has 2 fully saturated rings. The smallest absolute Gasteiger partial charge is 0.211 e. The summed E-state index contributed by atoms with van der Waals surface area (Å²) < 4.78 is 31.7. The molecule has 9 nitrogen and oxygen atoms in total. The highest BCUT2D eigenvalue weighted by Crippen LogP contribution is 2.36. The summed E-state index contributed by atoms with van der Waals surface area (Å²) in [5.74, 6) is 1.55. The first kappa shape index (κ1) is 22.8. The Kier molecular flexibility index (Phi) is 6.47. The van der Waals surface area contributed by atoms with Crippen LogP contribution in [0.4, 0.5) is 5.82 Å². The van der Waals surface area contributed by atoms with E-state index >= 15 is 0 Å². The van der Waals surface area contributed by atoms with Gasteiger partial charge in [0.25, 0.3) is 0 Å². The molecule has 0 spiro atoms. The molecule has 0 atom stereocenters. The highest BCUT2D eigenvalue weighted by atomic mass is 32.2. The average molecular weight is 508 g/mol. The van der Waals surface area contributed by atoms with Crippen LogP contribution in [-0.2, 0) is 21.3 Å². The number of hydrogen-bond donors (Lipinski definition) is 0. The highest BCUT2D eigenvalue weighted by molar-refractivity contribution is 7.88. The Morgan fingerprint density at radius 3 is 2.48 bits per heavy atom. The van der Waals surface area contributed by atoms with Crippen LogP contribution in [0.15, 0.2) is 18.2 Å². The summed E-state index contributed by atoms with van der Waals surface area (Å²) in [7, 11) is -3.14. The van der Waals surface area contributed by atoms with Crippen LogP contribution in [0.1, 0.15) is 14.5 Å². The summed E-state index contributed by atoms with van der Waals surface area (Å²) >= 11 is 3.09. The SMILES string of the molecule is CS(=O)(=O)N1CCN(Cc2cc3nc(-c4ccc(C=O)s4)nc(N4CCOCC4)c3s2)CC1. The molecule has 5 rings (SSSR count). The minimum Gasteiger partial charge on any atom is -0.378 e. The number of rotatable bonds is 6. The second-order valence-electron chi connectivity index (χ2n) is 8.16. The number of thiophene rings is 2. The average Bonchev–Trinajstić information content (AvgIpc) is 3.45. The summed E-state index contributed by atoms with van der Waals surface area (Å²) in [6.07, 6.45) is 2.12. The number of hydrogen-bond acceptors (Lipinski definition) is 10. The molecule has 0 radical (unpaired) electrons. The molecule has 0 bridgehead atoms. The van der Waals surface area contributed by atoms with Gasteiger partial charge in [-0.1, -0.05) is 0 Å². The molecular formula is C21H25N5O4S3. The Morgan fingerprint density at radius 2 is 1.82 bits per heavy atom. The van der Waals surface area contributed by atoms with Gasteiger partial charge < -0.3 is 9.64 Å². The first-order chi connectivity index (χ1) is 15.9. The predicted octanol–water partition coefficient (Wildman–Crippen LogP) is 2.15. The number of ether oxygens (including phenoxy) is 1. The molecule has 176 valence electrons. The van der Waals surface area contributed by atoms with Crippen molar-refractivity contribution in [2.75, 3.05) is 63.6 Å². The van der Waals surface area contributed by atoms with Gasteiger partial charge in [-0.15, -0.1) is 22.7 Å². The standard InChI is InChI=1S/C21H25N5O4S3/c1-33(28,29)26-6-4-24(5-7-26)13-16-12-17-19(32-16)21(25-8-10-30-11-9-25)23-20(22-17)18-3-2-15(14-27)31-18/h2-3,12,14H,4-11,13H2,1H3. The predicted molar refractivity (Wildman–Crippen MR) is 131 cm³/mol. The highest BCUT2D eigenvalue weighted by Gasteiger charge is 2.25. The minimum atomic E-state index is -3.14. The van der Waals surface area contributed by atoms with E-state index in [0.29, 0.717) is 50.1 Å². The van der Waals surface area contributed by atoms with E-state index in [-0.39, 0.29) is 0 Å². The maximum absolute atomic E-state index is 11.8. The monoisotopic (exact) mass is 507 g/mol. The molecule has 0 aromatic carbocycles. The van der Waals surface area contributed by atoms with Gasteiger partial charge in [-0.05, 0) is 18.2 Å². The first-order valence-electron chi connectivity index (χ1n) is 10.8. The molecule has 33 heavy (non-hydrogen) atoms. The van der Waals surface area contributed by atoms with Gasteiger partial charge in [-0.25, -0.2) is 18.4 Å². The second kappa shape index (κ2) is 9.35. The number of aromatic nitrogens is 2. The van der Waals surface area contributed by atoms with E-state index in [1.54, 1.807) is 17.4 Å². The van der Waals surface area contributed by atoms with Gasteiger partial charge in [-0.3, -0.25) is 9.69 Å². The van der Waals surface area contributed by atoms with Crippen LogP contribution in [0, 0.1) is 0 Å². The van der Waals surface area contributed by atoms with E-state index in [9.17, 15) is 13.2 Å². The lowest BCUT2D eigenvalue weighted by Gasteiger charge is -2.32. The Hall–Kier alpha value is -1.96. The van der Waals surface area contributed by atoms with Gasteiger partial charge in [0.05, 0.1) is 39.4 Å². The van der Waals surface area contributed by atoms with Crippen LogP contribution in [0.2, 0.25) is 0 Å². The topological polar surface area (TPSA) is 95.9 Å². The molecule has 3 aromatic heterocycles. The van der Waals surface area contributed by atoms with Crippen LogP contribution in [0.3, 0.4) is 0 Å². The third kappa shape index (κ3) is 4.96.